The molecule has 0 aromatic rings. The molecule has 0 aromatic carbocycles. The van der Waals surface area contributed by atoms with Gasteiger partial charge in [-0.1, -0.05) is 13.8 Å². The Morgan fingerprint density at radius 2 is 2.00 bits per heavy atom. The molecule has 0 aliphatic carbocycles. The van der Waals surface area contributed by atoms with Crippen LogP contribution in [0, 0.1) is 5.92 Å². The summed E-state index contributed by atoms with van der Waals surface area (Å²) in [6.07, 6.45) is 2.44. The molecule has 0 aromatic heterocycles. The number of aliphatic imine (C=N–C) groups is 1. The van der Waals surface area contributed by atoms with Gasteiger partial charge in [0.15, 0.2) is 5.96 Å². The average Bonchev–Trinajstić information content (AvgIpc) is 2.50. The van der Waals surface area contributed by atoms with Crippen LogP contribution in [0.2, 0.25) is 0 Å². The number of thioether (sulfide) groups is 1. The maximum Gasteiger partial charge on any atom is 0.193 e. The Morgan fingerprint density at radius 1 is 1.30 bits per heavy atom. The first-order valence-corrected chi connectivity index (χ1v) is 9.78. The van der Waals surface area contributed by atoms with Crippen molar-refractivity contribution in [1.29, 1.82) is 0 Å². The third-order valence-corrected chi connectivity index (χ3v) is 5.99. The third-order valence-electron chi connectivity index (χ3n) is 4.45. The van der Waals surface area contributed by atoms with Crippen LogP contribution in [0.4, 0.5) is 0 Å². The van der Waals surface area contributed by atoms with Crippen molar-refractivity contribution in [2.24, 2.45) is 10.9 Å². The Kier molecular flexibility index (Phi) is 12.8. The van der Waals surface area contributed by atoms with Crippen LogP contribution in [0.1, 0.15) is 40.5 Å². The maximum atomic E-state index is 4.48. The largest absolute Gasteiger partial charge is 0.356 e. The highest BCUT2D eigenvalue weighted by Gasteiger charge is 2.24. The number of guanidine groups is 1. The first-order chi connectivity index (χ1) is 10.5. The van der Waals surface area contributed by atoms with E-state index in [4.69, 9.17) is 0 Å². The highest BCUT2D eigenvalue weighted by atomic mass is 127. The second-order valence-electron chi connectivity index (χ2n) is 6.85. The molecule has 1 rings (SSSR count). The summed E-state index contributed by atoms with van der Waals surface area (Å²) < 4.78 is 0. The summed E-state index contributed by atoms with van der Waals surface area (Å²) in [4.78, 5) is 9.32. The molecule has 1 aliphatic rings. The maximum absolute atomic E-state index is 4.48. The van der Waals surface area contributed by atoms with Crippen molar-refractivity contribution in [2.45, 2.75) is 51.8 Å². The standard InChI is InChI=1S/C17H36N4S.HI/c1-14(2)16-13-21(11-12-22-16)17(18-5)19-9-7-8-10-20(6)15(3)4;/h14-16H,7-13H2,1-6H3,(H,18,19);1H. The Morgan fingerprint density at radius 3 is 2.57 bits per heavy atom. The highest BCUT2D eigenvalue weighted by Crippen LogP contribution is 2.24. The Hall–Kier alpha value is 0.310. The summed E-state index contributed by atoms with van der Waals surface area (Å²) in [6.45, 7) is 13.6. The molecule has 0 bridgehead atoms. The molecular formula is C17H37IN4S. The Bertz CT molecular complexity index is 337. The van der Waals surface area contributed by atoms with Crippen LogP contribution in [0.25, 0.3) is 0 Å². The molecule has 0 spiro atoms. The summed E-state index contributed by atoms with van der Waals surface area (Å²) in [5.74, 6) is 3.03. The fourth-order valence-corrected chi connectivity index (χ4v) is 3.85. The van der Waals surface area contributed by atoms with Gasteiger partial charge in [-0.15, -0.1) is 24.0 Å². The molecular weight excluding hydrogens is 419 g/mol. The molecule has 4 nitrogen and oxygen atoms in total. The van der Waals surface area contributed by atoms with Crippen molar-refractivity contribution >= 4 is 41.7 Å². The van der Waals surface area contributed by atoms with E-state index >= 15 is 0 Å². The van der Waals surface area contributed by atoms with E-state index in [1.54, 1.807) is 0 Å². The van der Waals surface area contributed by atoms with Gasteiger partial charge < -0.3 is 15.1 Å². The van der Waals surface area contributed by atoms with Gasteiger partial charge >= 0.3 is 0 Å². The summed E-state index contributed by atoms with van der Waals surface area (Å²) in [5, 5.41) is 4.28. The lowest BCUT2D eigenvalue weighted by atomic mass is 10.1. The fourth-order valence-electron chi connectivity index (χ4n) is 2.55. The zero-order valence-corrected chi connectivity index (χ0v) is 19.0. The van der Waals surface area contributed by atoms with E-state index < -0.39 is 0 Å². The van der Waals surface area contributed by atoms with Gasteiger partial charge in [0.25, 0.3) is 0 Å². The van der Waals surface area contributed by atoms with Crippen LogP contribution in [0.3, 0.4) is 0 Å². The second kappa shape index (κ2) is 12.6. The van der Waals surface area contributed by atoms with Crippen molar-refractivity contribution in [2.75, 3.05) is 46.0 Å². The monoisotopic (exact) mass is 456 g/mol. The molecule has 23 heavy (non-hydrogen) atoms. The van der Waals surface area contributed by atoms with Crippen molar-refractivity contribution in [3.8, 4) is 0 Å². The van der Waals surface area contributed by atoms with Crippen LogP contribution < -0.4 is 5.32 Å². The zero-order valence-electron chi connectivity index (χ0n) is 15.8. The summed E-state index contributed by atoms with van der Waals surface area (Å²) in [7, 11) is 4.11. The van der Waals surface area contributed by atoms with E-state index in [0.717, 1.165) is 36.8 Å². The predicted molar refractivity (Wildman–Crippen MR) is 116 cm³/mol. The SMILES string of the molecule is CN=C(NCCCCN(C)C(C)C)N1CCSC(C(C)C)C1.I. The van der Waals surface area contributed by atoms with E-state index in [0.29, 0.717) is 6.04 Å². The lowest BCUT2D eigenvalue weighted by Gasteiger charge is -2.36. The van der Waals surface area contributed by atoms with Crippen LogP contribution >= 0.6 is 35.7 Å². The van der Waals surface area contributed by atoms with Gasteiger partial charge in [-0.2, -0.15) is 11.8 Å². The molecule has 1 heterocycles. The van der Waals surface area contributed by atoms with Crippen molar-refractivity contribution in [3.63, 3.8) is 0 Å². The average molecular weight is 456 g/mol. The van der Waals surface area contributed by atoms with Gasteiger partial charge in [-0.3, -0.25) is 4.99 Å². The number of nitrogens with one attached hydrogen (secondary N) is 1. The van der Waals surface area contributed by atoms with E-state index in [1.165, 1.54) is 25.1 Å². The van der Waals surface area contributed by atoms with E-state index in [2.05, 4.69) is 66.6 Å². The minimum atomic E-state index is 0. The molecule has 1 saturated heterocycles. The highest BCUT2D eigenvalue weighted by molar-refractivity contribution is 14.0. The van der Waals surface area contributed by atoms with E-state index in [9.17, 15) is 0 Å². The fraction of sp³-hybridized carbons (Fsp3) is 0.941. The molecule has 0 radical (unpaired) electrons. The number of nitrogens with zero attached hydrogens (tertiary/aromatic N) is 3. The number of rotatable bonds is 7. The first kappa shape index (κ1) is 23.3. The quantitative estimate of drug-likeness (QED) is 0.276. The van der Waals surface area contributed by atoms with Gasteiger partial charge in [0.2, 0.25) is 0 Å². The first-order valence-electron chi connectivity index (χ1n) is 8.73. The summed E-state index contributed by atoms with van der Waals surface area (Å²) in [6, 6.07) is 0.638. The van der Waals surface area contributed by atoms with Crippen molar-refractivity contribution in [1.82, 2.24) is 15.1 Å². The van der Waals surface area contributed by atoms with Crippen LogP contribution in [-0.2, 0) is 0 Å². The van der Waals surface area contributed by atoms with Crippen LogP contribution in [0.5, 0.6) is 0 Å². The van der Waals surface area contributed by atoms with Crippen molar-refractivity contribution in [3.05, 3.63) is 0 Å². The molecule has 138 valence electrons. The molecule has 1 unspecified atom stereocenters. The van der Waals surface area contributed by atoms with E-state index in [1.807, 2.05) is 7.05 Å². The van der Waals surface area contributed by atoms with Gasteiger partial charge in [-0.05, 0) is 46.2 Å². The summed E-state index contributed by atoms with van der Waals surface area (Å²) in [5.41, 5.74) is 0. The van der Waals surface area contributed by atoms with Crippen molar-refractivity contribution < 1.29 is 0 Å². The van der Waals surface area contributed by atoms with Crippen LogP contribution in [0.15, 0.2) is 4.99 Å². The number of unbranched alkanes of at least 4 members (excludes halogenated alkanes) is 1. The van der Waals surface area contributed by atoms with Gasteiger partial charge in [0.05, 0.1) is 0 Å². The minimum absolute atomic E-state index is 0. The molecule has 1 N–H and O–H groups in total. The second-order valence-corrected chi connectivity index (χ2v) is 8.20. The normalized spacial score (nSPS) is 19.4. The van der Waals surface area contributed by atoms with E-state index in [-0.39, 0.29) is 24.0 Å². The lowest BCUT2D eigenvalue weighted by molar-refractivity contribution is 0.268. The third kappa shape index (κ3) is 8.82. The minimum Gasteiger partial charge on any atom is -0.356 e. The number of hydrogen-bond acceptors (Lipinski definition) is 3. The predicted octanol–water partition coefficient (Wildman–Crippen LogP) is 3.37. The Balaban J connectivity index is 0.00000484. The lowest BCUT2D eigenvalue weighted by Crippen LogP contribution is -2.49. The number of hydrogen-bond donors (Lipinski definition) is 1. The van der Waals surface area contributed by atoms with Gasteiger partial charge in [0.1, 0.15) is 0 Å². The number of halogens is 1. The molecule has 0 amide bonds. The Labute approximate surface area is 165 Å². The molecule has 1 atom stereocenters. The zero-order chi connectivity index (χ0) is 16.5. The summed E-state index contributed by atoms with van der Waals surface area (Å²) >= 11 is 2.11. The molecule has 0 saturated carbocycles. The molecule has 1 aliphatic heterocycles. The smallest absolute Gasteiger partial charge is 0.193 e. The molecule has 6 heteroatoms. The topological polar surface area (TPSA) is 30.9 Å². The van der Waals surface area contributed by atoms with Crippen LogP contribution in [-0.4, -0.2) is 73.1 Å². The van der Waals surface area contributed by atoms with Gasteiger partial charge in [-0.25, -0.2) is 0 Å². The van der Waals surface area contributed by atoms with Gasteiger partial charge in [0, 0.05) is 43.7 Å². The molecule has 1 fully saturated rings.